The van der Waals surface area contributed by atoms with Gasteiger partial charge in [0.1, 0.15) is 0 Å². The van der Waals surface area contributed by atoms with Crippen molar-refractivity contribution in [3.8, 4) is 0 Å². The largest absolute Gasteiger partial charge is 0.351 e. The van der Waals surface area contributed by atoms with Crippen molar-refractivity contribution >= 4 is 29.4 Å². The van der Waals surface area contributed by atoms with Crippen LogP contribution in [-0.4, -0.2) is 47.5 Å². The Balaban J connectivity index is 1.83. The highest BCUT2D eigenvalue weighted by molar-refractivity contribution is 7.99. The summed E-state index contributed by atoms with van der Waals surface area (Å²) in [6.45, 7) is 0.958. The maximum atomic E-state index is 12.1. The van der Waals surface area contributed by atoms with E-state index in [9.17, 15) is 4.79 Å². The minimum Gasteiger partial charge on any atom is -0.351 e. The fourth-order valence-electron chi connectivity index (χ4n) is 2.56. The zero-order valence-electron chi connectivity index (χ0n) is 10.4. The van der Waals surface area contributed by atoms with Gasteiger partial charge in [-0.25, -0.2) is 0 Å². The van der Waals surface area contributed by atoms with Crippen LogP contribution in [0.25, 0.3) is 0 Å². The molecular weight excluding hydrogens is 252 g/mol. The van der Waals surface area contributed by atoms with E-state index >= 15 is 0 Å². The van der Waals surface area contributed by atoms with E-state index in [1.165, 1.54) is 19.3 Å². The molecule has 1 saturated heterocycles. The molecule has 1 saturated carbocycles. The highest BCUT2D eigenvalue weighted by Gasteiger charge is 2.28. The molecule has 0 bridgehead atoms. The van der Waals surface area contributed by atoms with Crippen molar-refractivity contribution < 1.29 is 4.79 Å². The number of carbonyl (C=O) groups excluding carboxylic acids is 1. The molecule has 98 valence electrons. The molecule has 2 rings (SSSR count). The molecule has 2 fully saturated rings. The van der Waals surface area contributed by atoms with E-state index in [1.54, 1.807) is 0 Å². The number of hydrogen-bond donors (Lipinski definition) is 2. The molecule has 2 N–H and O–H groups in total. The topological polar surface area (TPSA) is 41.1 Å². The number of carbonyl (C=O) groups is 1. The number of amides is 1. The Labute approximate surface area is 112 Å². The number of rotatable bonds is 3. The van der Waals surface area contributed by atoms with Gasteiger partial charge in [-0.05, 0) is 19.1 Å². The van der Waals surface area contributed by atoms with Crippen molar-refractivity contribution in [1.82, 2.24) is 10.6 Å². The van der Waals surface area contributed by atoms with Crippen LogP contribution in [0.4, 0.5) is 0 Å². The first-order valence-corrected chi connectivity index (χ1v) is 8.90. The van der Waals surface area contributed by atoms with Crippen molar-refractivity contribution in [1.29, 1.82) is 0 Å². The molecule has 1 aliphatic carbocycles. The molecule has 1 aliphatic heterocycles. The second-order valence-corrected chi connectivity index (χ2v) is 6.98. The second kappa shape index (κ2) is 6.90. The molecule has 1 heterocycles. The van der Waals surface area contributed by atoms with Gasteiger partial charge in [-0.2, -0.15) is 23.5 Å². The third-order valence-corrected chi connectivity index (χ3v) is 5.80. The minimum absolute atomic E-state index is 0.0261. The van der Waals surface area contributed by atoms with E-state index in [-0.39, 0.29) is 11.9 Å². The van der Waals surface area contributed by atoms with E-state index in [2.05, 4.69) is 16.9 Å². The lowest BCUT2D eigenvalue weighted by Crippen LogP contribution is -2.54. The number of nitrogens with one attached hydrogen (secondary N) is 2. The average molecular weight is 274 g/mol. The molecule has 0 aromatic rings. The van der Waals surface area contributed by atoms with Crippen molar-refractivity contribution in [2.24, 2.45) is 0 Å². The summed E-state index contributed by atoms with van der Waals surface area (Å²) >= 11 is 3.77. The molecule has 0 radical (unpaired) electrons. The summed E-state index contributed by atoms with van der Waals surface area (Å²) in [6.07, 6.45) is 7.13. The quantitative estimate of drug-likeness (QED) is 0.818. The lowest BCUT2D eigenvalue weighted by Gasteiger charge is -2.33. The highest BCUT2D eigenvalue weighted by Crippen LogP contribution is 2.27. The van der Waals surface area contributed by atoms with Crippen LogP contribution in [0.2, 0.25) is 0 Å². The molecule has 0 aromatic carbocycles. The predicted octanol–water partition coefficient (Wildman–Crippen LogP) is 1.48. The molecule has 17 heavy (non-hydrogen) atoms. The average Bonchev–Trinajstić information content (AvgIpc) is 2.40. The van der Waals surface area contributed by atoms with Gasteiger partial charge in [-0.3, -0.25) is 4.79 Å². The third-order valence-electron chi connectivity index (χ3n) is 3.57. The first-order valence-electron chi connectivity index (χ1n) is 6.45. The standard InChI is InChI=1S/C12H22N2OS2/c1-16-11-5-3-2-4-9(11)14-12(15)10-8-17-7-6-13-10/h9-11,13H,2-8H2,1H3,(H,14,15). The Morgan fingerprint density at radius 2 is 2.24 bits per heavy atom. The summed E-state index contributed by atoms with van der Waals surface area (Å²) in [5.41, 5.74) is 0. The second-order valence-electron chi connectivity index (χ2n) is 4.76. The molecule has 3 nitrogen and oxygen atoms in total. The van der Waals surface area contributed by atoms with Crippen LogP contribution >= 0.6 is 23.5 Å². The van der Waals surface area contributed by atoms with Crippen LogP contribution in [0.1, 0.15) is 25.7 Å². The predicted molar refractivity (Wildman–Crippen MR) is 76.8 cm³/mol. The van der Waals surface area contributed by atoms with Crippen molar-refractivity contribution in [2.75, 3.05) is 24.3 Å². The van der Waals surface area contributed by atoms with Crippen molar-refractivity contribution in [3.63, 3.8) is 0 Å². The molecule has 3 atom stereocenters. The summed E-state index contributed by atoms with van der Waals surface area (Å²) in [5.74, 6) is 2.26. The van der Waals surface area contributed by atoms with E-state index in [0.717, 1.165) is 24.5 Å². The summed E-state index contributed by atoms with van der Waals surface area (Å²) in [4.78, 5) is 12.1. The fraction of sp³-hybridized carbons (Fsp3) is 0.917. The number of hydrogen-bond acceptors (Lipinski definition) is 4. The van der Waals surface area contributed by atoms with Gasteiger partial charge in [-0.15, -0.1) is 0 Å². The monoisotopic (exact) mass is 274 g/mol. The summed E-state index contributed by atoms with van der Waals surface area (Å²) < 4.78 is 0. The van der Waals surface area contributed by atoms with Crippen molar-refractivity contribution in [3.05, 3.63) is 0 Å². The van der Waals surface area contributed by atoms with Gasteiger partial charge in [0.2, 0.25) is 5.91 Å². The van der Waals surface area contributed by atoms with E-state index in [0.29, 0.717) is 11.3 Å². The minimum atomic E-state index is 0.0261. The summed E-state index contributed by atoms with van der Waals surface area (Å²) in [7, 11) is 0. The van der Waals surface area contributed by atoms with Crippen LogP contribution in [-0.2, 0) is 4.79 Å². The number of thioether (sulfide) groups is 2. The van der Waals surface area contributed by atoms with Crippen LogP contribution in [0.3, 0.4) is 0 Å². The van der Waals surface area contributed by atoms with E-state index in [1.807, 2.05) is 23.5 Å². The Morgan fingerprint density at radius 3 is 2.94 bits per heavy atom. The SMILES string of the molecule is CSC1CCCCC1NC(=O)C1CSCCN1. The Hall–Kier alpha value is 0.130. The first kappa shape index (κ1) is 13.6. The Morgan fingerprint density at radius 1 is 1.41 bits per heavy atom. The molecule has 3 unspecified atom stereocenters. The van der Waals surface area contributed by atoms with Gasteiger partial charge in [0, 0.05) is 29.3 Å². The maximum absolute atomic E-state index is 12.1. The van der Waals surface area contributed by atoms with Gasteiger partial charge in [-0.1, -0.05) is 12.8 Å². The van der Waals surface area contributed by atoms with E-state index < -0.39 is 0 Å². The zero-order valence-corrected chi connectivity index (χ0v) is 12.0. The highest BCUT2D eigenvalue weighted by atomic mass is 32.2. The smallest absolute Gasteiger partial charge is 0.238 e. The molecule has 0 spiro atoms. The first-order chi connectivity index (χ1) is 8.31. The van der Waals surface area contributed by atoms with E-state index in [4.69, 9.17) is 0 Å². The van der Waals surface area contributed by atoms with Gasteiger partial charge in [0.05, 0.1) is 6.04 Å². The maximum Gasteiger partial charge on any atom is 0.238 e. The van der Waals surface area contributed by atoms with Gasteiger partial charge >= 0.3 is 0 Å². The fourth-order valence-corrected chi connectivity index (χ4v) is 4.43. The normalized spacial score (nSPS) is 34.3. The van der Waals surface area contributed by atoms with Gasteiger partial charge in [0.15, 0.2) is 0 Å². The molecule has 0 aromatic heterocycles. The molecule has 1 amide bonds. The Bertz CT molecular complexity index is 257. The van der Waals surface area contributed by atoms with Crippen LogP contribution < -0.4 is 10.6 Å². The molecule has 2 aliphatic rings. The lowest BCUT2D eigenvalue weighted by molar-refractivity contribution is -0.123. The molecular formula is C12H22N2OS2. The van der Waals surface area contributed by atoms with Crippen LogP contribution in [0, 0.1) is 0 Å². The van der Waals surface area contributed by atoms with Crippen LogP contribution in [0.15, 0.2) is 0 Å². The molecule has 5 heteroatoms. The summed E-state index contributed by atoms with van der Waals surface area (Å²) in [5, 5.41) is 7.17. The summed E-state index contributed by atoms with van der Waals surface area (Å²) in [6, 6.07) is 0.415. The van der Waals surface area contributed by atoms with Gasteiger partial charge < -0.3 is 10.6 Å². The Kier molecular flexibility index (Phi) is 5.50. The zero-order chi connectivity index (χ0) is 12.1. The lowest BCUT2D eigenvalue weighted by atomic mass is 9.94. The van der Waals surface area contributed by atoms with Crippen LogP contribution in [0.5, 0.6) is 0 Å². The van der Waals surface area contributed by atoms with Gasteiger partial charge in [0.25, 0.3) is 0 Å². The third kappa shape index (κ3) is 3.80. The van der Waals surface area contributed by atoms with Crippen molar-refractivity contribution in [2.45, 2.75) is 43.0 Å².